The highest BCUT2D eigenvalue weighted by Crippen LogP contribution is 2.35. The van der Waals surface area contributed by atoms with E-state index < -0.39 is 35.4 Å². The highest BCUT2D eigenvalue weighted by Gasteiger charge is 2.34. The summed E-state index contributed by atoms with van der Waals surface area (Å²) >= 11 is 0. The average molecular weight is 423 g/mol. The molecule has 1 saturated heterocycles. The molecule has 0 bridgehead atoms. The zero-order valence-electron chi connectivity index (χ0n) is 16.9. The molecule has 2 atom stereocenters. The number of nitrogens with zero attached hydrogens (tertiary/aromatic N) is 2. The van der Waals surface area contributed by atoms with Crippen LogP contribution < -0.4 is 5.73 Å². The van der Waals surface area contributed by atoms with Crippen LogP contribution in [0.2, 0.25) is 0 Å². The van der Waals surface area contributed by atoms with Crippen LogP contribution in [-0.2, 0) is 11.0 Å². The number of β-amino-alcohol motifs (C(OH)–C–C–N with tert-alkyl or cyclic N) is 2. The number of aliphatic imine (C=N–C) groups is 1. The van der Waals surface area contributed by atoms with E-state index in [1.807, 2.05) is 0 Å². The Morgan fingerprint density at radius 3 is 2.33 bits per heavy atom. The number of hydrogen-bond donors (Lipinski definition) is 3. The van der Waals surface area contributed by atoms with Gasteiger partial charge in [-0.15, -0.1) is 0 Å². The maximum Gasteiger partial charge on any atom is 0.417 e. The highest BCUT2D eigenvalue weighted by molar-refractivity contribution is 6.10. The van der Waals surface area contributed by atoms with Crippen molar-refractivity contribution in [1.29, 1.82) is 0 Å². The summed E-state index contributed by atoms with van der Waals surface area (Å²) in [4.78, 5) is 17.4. The molecule has 9 heteroatoms. The van der Waals surface area contributed by atoms with E-state index in [1.54, 1.807) is 20.8 Å². The molecule has 1 aromatic carbocycles. The third kappa shape index (κ3) is 6.08. The third-order valence-electron chi connectivity index (χ3n) is 4.27. The van der Waals surface area contributed by atoms with Crippen molar-refractivity contribution in [3.63, 3.8) is 0 Å². The SMILES string of the molecule is CC(C)(C)N=C/C(=C\N)c1ccc(C#CC(=O)N2C[C@@H](O)[C@@H](O)C2)cc1C(F)(F)F. The van der Waals surface area contributed by atoms with E-state index in [2.05, 4.69) is 16.8 Å². The number of rotatable bonds is 2. The maximum atomic E-state index is 13.6. The van der Waals surface area contributed by atoms with Crippen LogP contribution in [0.5, 0.6) is 0 Å². The molecule has 0 radical (unpaired) electrons. The second kappa shape index (κ2) is 8.90. The third-order valence-corrected chi connectivity index (χ3v) is 4.27. The van der Waals surface area contributed by atoms with E-state index in [1.165, 1.54) is 18.3 Å². The van der Waals surface area contributed by atoms with Crippen molar-refractivity contribution in [1.82, 2.24) is 4.90 Å². The monoisotopic (exact) mass is 423 g/mol. The molecule has 0 unspecified atom stereocenters. The predicted molar refractivity (Wildman–Crippen MR) is 107 cm³/mol. The first-order valence-electron chi connectivity index (χ1n) is 9.17. The first kappa shape index (κ1) is 23.4. The van der Waals surface area contributed by atoms with Gasteiger partial charge in [0.05, 0.1) is 36.4 Å². The molecule has 1 fully saturated rings. The molecule has 162 valence electrons. The number of carbonyl (C=O) groups is 1. The van der Waals surface area contributed by atoms with E-state index in [9.17, 15) is 28.2 Å². The first-order valence-corrected chi connectivity index (χ1v) is 9.17. The van der Waals surface area contributed by atoms with Crippen LogP contribution in [-0.4, -0.2) is 58.1 Å². The Morgan fingerprint density at radius 1 is 1.23 bits per heavy atom. The number of amides is 1. The van der Waals surface area contributed by atoms with Crippen molar-refractivity contribution in [2.45, 2.75) is 44.7 Å². The summed E-state index contributed by atoms with van der Waals surface area (Å²) < 4.78 is 40.9. The van der Waals surface area contributed by atoms with Crippen LogP contribution in [0.3, 0.4) is 0 Å². The molecule has 0 spiro atoms. The van der Waals surface area contributed by atoms with Gasteiger partial charge in [-0.05, 0) is 38.5 Å². The number of allylic oxidation sites excluding steroid dienone is 1. The van der Waals surface area contributed by atoms with Crippen LogP contribution in [0, 0.1) is 11.8 Å². The van der Waals surface area contributed by atoms with Crippen molar-refractivity contribution < 1.29 is 28.2 Å². The number of hydrogen-bond acceptors (Lipinski definition) is 5. The number of benzene rings is 1. The summed E-state index contributed by atoms with van der Waals surface area (Å²) in [6.07, 6.45) is -4.46. The van der Waals surface area contributed by atoms with Gasteiger partial charge in [0.15, 0.2) is 0 Å². The van der Waals surface area contributed by atoms with Gasteiger partial charge in [0.2, 0.25) is 0 Å². The van der Waals surface area contributed by atoms with E-state index in [0.717, 1.165) is 17.2 Å². The molecule has 1 heterocycles. The lowest BCUT2D eigenvalue weighted by Crippen LogP contribution is -2.28. The Kier molecular flexibility index (Phi) is 6.95. The molecule has 30 heavy (non-hydrogen) atoms. The molecule has 0 saturated carbocycles. The minimum Gasteiger partial charge on any atom is -0.404 e. The quantitative estimate of drug-likeness (QED) is 0.499. The minimum absolute atomic E-state index is 0.0103. The number of aliphatic hydroxyl groups is 2. The number of nitrogens with two attached hydrogens (primary N) is 1. The summed E-state index contributed by atoms with van der Waals surface area (Å²) in [5, 5.41) is 19.0. The van der Waals surface area contributed by atoms with Crippen LogP contribution >= 0.6 is 0 Å². The Balaban J connectivity index is 2.36. The fraction of sp³-hybridized carbons (Fsp3) is 0.429. The lowest BCUT2D eigenvalue weighted by molar-refractivity contribution is -0.137. The predicted octanol–water partition coefficient (Wildman–Crippen LogP) is 1.79. The summed E-state index contributed by atoms with van der Waals surface area (Å²) in [6.45, 7) is 5.24. The molecule has 2 rings (SSSR count). The lowest BCUT2D eigenvalue weighted by atomic mass is 9.97. The fourth-order valence-corrected chi connectivity index (χ4v) is 2.71. The van der Waals surface area contributed by atoms with Gasteiger partial charge in [-0.1, -0.05) is 12.0 Å². The molecule has 1 aromatic rings. The molecule has 1 amide bonds. The maximum absolute atomic E-state index is 13.6. The normalized spacial score (nSPS) is 20.4. The van der Waals surface area contributed by atoms with E-state index in [-0.39, 0.29) is 29.8 Å². The van der Waals surface area contributed by atoms with E-state index in [0.29, 0.717) is 0 Å². The fourth-order valence-electron chi connectivity index (χ4n) is 2.71. The zero-order valence-corrected chi connectivity index (χ0v) is 16.9. The Hall–Kier alpha value is -2.83. The van der Waals surface area contributed by atoms with Crippen LogP contribution in [0.4, 0.5) is 13.2 Å². The topological polar surface area (TPSA) is 99.2 Å². The molecule has 0 aromatic heterocycles. The lowest BCUT2D eigenvalue weighted by Gasteiger charge is -2.15. The molecule has 1 aliphatic rings. The first-order chi connectivity index (χ1) is 13.8. The Bertz CT molecular complexity index is 911. The van der Waals surface area contributed by atoms with Crippen LogP contribution in [0.15, 0.2) is 29.4 Å². The molecular weight excluding hydrogens is 399 g/mol. The van der Waals surface area contributed by atoms with E-state index in [4.69, 9.17) is 5.73 Å². The van der Waals surface area contributed by atoms with Gasteiger partial charge in [-0.2, -0.15) is 13.2 Å². The number of alkyl halides is 3. The van der Waals surface area contributed by atoms with Crippen molar-refractivity contribution in [3.05, 3.63) is 41.1 Å². The average Bonchev–Trinajstić information content (AvgIpc) is 2.98. The molecule has 4 N–H and O–H groups in total. The Morgan fingerprint density at radius 2 is 1.83 bits per heavy atom. The molecular formula is C21H24F3N3O3. The van der Waals surface area contributed by atoms with Crippen LogP contribution in [0.25, 0.3) is 5.57 Å². The standard InChI is InChI=1S/C21H24F3N3O3/c1-20(2,3)26-10-14(9-25)15-6-4-13(8-16(15)21(22,23)24)5-7-19(30)27-11-17(28)18(29)12-27/h4,6,8-10,17-18,28-29H,11-12,25H2,1-3H3/b14-9+,26-10?/t17-,18+. The minimum atomic E-state index is -4.68. The van der Waals surface area contributed by atoms with Crippen molar-refractivity contribution in [3.8, 4) is 11.8 Å². The number of aliphatic hydroxyl groups excluding tert-OH is 2. The van der Waals surface area contributed by atoms with E-state index >= 15 is 0 Å². The largest absolute Gasteiger partial charge is 0.417 e. The van der Waals surface area contributed by atoms with Crippen LogP contribution in [0.1, 0.15) is 37.5 Å². The van der Waals surface area contributed by atoms with Crippen molar-refractivity contribution in [2.24, 2.45) is 10.7 Å². The van der Waals surface area contributed by atoms with Gasteiger partial charge in [-0.25, -0.2) is 0 Å². The molecule has 6 nitrogen and oxygen atoms in total. The summed E-state index contributed by atoms with van der Waals surface area (Å²) in [7, 11) is 0. The van der Waals surface area contributed by atoms with Gasteiger partial charge >= 0.3 is 6.18 Å². The Labute approximate surface area is 172 Å². The number of likely N-dealkylation sites (tertiary alicyclic amines) is 1. The summed E-state index contributed by atoms with van der Waals surface area (Å²) in [5.41, 5.74) is 4.03. The van der Waals surface area contributed by atoms with Gasteiger partial charge in [-0.3, -0.25) is 9.79 Å². The van der Waals surface area contributed by atoms with Gasteiger partial charge < -0.3 is 20.8 Å². The second-order valence-corrected chi connectivity index (χ2v) is 7.90. The molecule has 1 aliphatic heterocycles. The zero-order chi connectivity index (χ0) is 22.7. The second-order valence-electron chi connectivity index (χ2n) is 7.90. The van der Waals surface area contributed by atoms with Gasteiger partial charge in [0, 0.05) is 29.5 Å². The molecule has 0 aliphatic carbocycles. The van der Waals surface area contributed by atoms with Gasteiger partial charge in [0.1, 0.15) is 0 Å². The summed E-state index contributed by atoms with van der Waals surface area (Å²) in [6, 6.07) is 3.43. The number of carbonyl (C=O) groups excluding carboxylic acids is 1. The van der Waals surface area contributed by atoms with Crippen molar-refractivity contribution >= 4 is 17.7 Å². The van der Waals surface area contributed by atoms with Gasteiger partial charge in [0.25, 0.3) is 5.91 Å². The highest BCUT2D eigenvalue weighted by atomic mass is 19.4. The van der Waals surface area contributed by atoms with Crippen molar-refractivity contribution in [2.75, 3.05) is 13.1 Å². The smallest absolute Gasteiger partial charge is 0.404 e. The number of halogens is 3. The summed E-state index contributed by atoms with van der Waals surface area (Å²) in [5.74, 6) is 3.97.